The van der Waals surface area contributed by atoms with Crippen LogP contribution in [0.15, 0.2) is 21.1 Å². The normalized spacial score (nSPS) is 16.7. The van der Waals surface area contributed by atoms with E-state index in [1.807, 2.05) is 19.1 Å². The molecule has 22 heavy (non-hydrogen) atoms. The first kappa shape index (κ1) is 17.0. The molecule has 0 saturated carbocycles. The summed E-state index contributed by atoms with van der Waals surface area (Å²) in [6, 6.07) is 3.15. The Kier molecular flexibility index (Phi) is 4.62. The molecule has 2 N–H and O–H groups in total. The molecule has 2 rings (SSSR count). The van der Waals surface area contributed by atoms with E-state index in [-0.39, 0.29) is 6.54 Å². The van der Waals surface area contributed by atoms with Gasteiger partial charge in [-0.1, -0.05) is 0 Å². The molecule has 0 aliphatic carbocycles. The molecular weight excluding hydrogens is 418 g/mol. The highest BCUT2D eigenvalue weighted by Gasteiger charge is 2.44. The molecule has 1 aliphatic heterocycles. The van der Waals surface area contributed by atoms with E-state index < -0.39 is 23.4 Å². The van der Waals surface area contributed by atoms with E-state index in [1.54, 1.807) is 13.8 Å². The lowest BCUT2D eigenvalue weighted by Gasteiger charge is -2.16. The van der Waals surface area contributed by atoms with E-state index in [1.165, 1.54) is 0 Å². The van der Waals surface area contributed by atoms with Gasteiger partial charge in [-0.25, -0.2) is 4.79 Å². The highest BCUT2D eigenvalue weighted by Crippen LogP contribution is 2.32. The van der Waals surface area contributed by atoms with Gasteiger partial charge in [0.15, 0.2) is 0 Å². The maximum absolute atomic E-state index is 12.1. The fraction of sp³-hybridized carbons (Fsp3) is 0.357. The summed E-state index contributed by atoms with van der Waals surface area (Å²) in [4.78, 5) is 36.9. The summed E-state index contributed by atoms with van der Waals surface area (Å²) >= 11 is 6.75. The van der Waals surface area contributed by atoms with Crippen molar-refractivity contribution >= 4 is 55.4 Å². The maximum atomic E-state index is 12.1. The Hall–Kier alpha value is -1.41. The number of carbonyl (C=O) groups is 3. The number of benzene rings is 1. The first-order valence-electron chi connectivity index (χ1n) is 6.51. The van der Waals surface area contributed by atoms with E-state index in [2.05, 4.69) is 42.5 Å². The van der Waals surface area contributed by atoms with Gasteiger partial charge < -0.3 is 10.6 Å². The summed E-state index contributed by atoms with van der Waals surface area (Å²) in [5.74, 6) is -0.874. The van der Waals surface area contributed by atoms with Crippen molar-refractivity contribution in [1.29, 1.82) is 0 Å². The largest absolute Gasteiger partial charge is 0.325 e. The van der Waals surface area contributed by atoms with E-state index in [0.717, 1.165) is 10.5 Å². The summed E-state index contributed by atoms with van der Waals surface area (Å²) in [7, 11) is 0. The first-order chi connectivity index (χ1) is 10.1. The number of imide groups is 1. The Morgan fingerprint density at radius 1 is 1.27 bits per heavy atom. The smallest absolute Gasteiger partial charge is 0.324 e. The van der Waals surface area contributed by atoms with Gasteiger partial charge in [0.05, 0.1) is 5.69 Å². The number of amides is 4. The second-order valence-electron chi connectivity index (χ2n) is 5.60. The lowest BCUT2D eigenvalue weighted by atomic mass is 10.1. The lowest BCUT2D eigenvalue weighted by molar-refractivity contribution is -0.132. The summed E-state index contributed by atoms with van der Waals surface area (Å²) < 4.78 is 1.43. The Morgan fingerprint density at radius 2 is 1.82 bits per heavy atom. The van der Waals surface area contributed by atoms with Gasteiger partial charge in [-0.15, -0.1) is 0 Å². The molecule has 1 aliphatic rings. The van der Waals surface area contributed by atoms with Gasteiger partial charge in [0.1, 0.15) is 12.1 Å². The van der Waals surface area contributed by atoms with Crippen LogP contribution in [-0.2, 0) is 9.59 Å². The lowest BCUT2D eigenvalue weighted by Crippen LogP contribution is -2.41. The van der Waals surface area contributed by atoms with Gasteiger partial charge in [-0.2, -0.15) is 0 Å². The molecule has 0 atom stereocenters. The maximum Gasteiger partial charge on any atom is 0.325 e. The fourth-order valence-corrected chi connectivity index (χ4v) is 3.72. The van der Waals surface area contributed by atoms with Crippen LogP contribution >= 0.6 is 31.9 Å². The topological polar surface area (TPSA) is 78.5 Å². The zero-order valence-corrected chi connectivity index (χ0v) is 15.5. The predicted octanol–water partition coefficient (Wildman–Crippen LogP) is 2.79. The molecule has 1 aromatic rings. The van der Waals surface area contributed by atoms with Crippen LogP contribution in [0.5, 0.6) is 0 Å². The second kappa shape index (κ2) is 6.00. The summed E-state index contributed by atoms with van der Waals surface area (Å²) in [6.45, 7) is 4.79. The van der Waals surface area contributed by atoms with Crippen LogP contribution in [0.3, 0.4) is 0 Å². The number of nitrogens with one attached hydrogen (secondary N) is 2. The molecule has 1 heterocycles. The van der Waals surface area contributed by atoms with Crippen LogP contribution < -0.4 is 10.6 Å². The van der Waals surface area contributed by atoms with E-state index in [9.17, 15) is 14.4 Å². The van der Waals surface area contributed by atoms with Crippen LogP contribution in [-0.4, -0.2) is 34.8 Å². The van der Waals surface area contributed by atoms with Crippen molar-refractivity contribution in [1.82, 2.24) is 10.2 Å². The zero-order valence-electron chi connectivity index (χ0n) is 12.3. The van der Waals surface area contributed by atoms with Gasteiger partial charge in [-0.05, 0) is 70.3 Å². The molecule has 118 valence electrons. The third-order valence-electron chi connectivity index (χ3n) is 3.20. The van der Waals surface area contributed by atoms with E-state index in [0.29, 0.717) is 14.6 Å². The number of hydrogen-bond acceptors (Lipinski definition) is 3. The number of nitrogens with zero attached hydrogens (tertiary/aromatic N) is 1. The van der Waals surface area contributed by atoms with Crippen LogP contribution in [0.25, 0.3) is 0 Å². The summed E-state index contributed by atoms with van der Waals surface area (Å²) in [5, 5.41) is 5.23. The quantitative estimate of drug-likeness (QED) is 0.720. The Bertz CT molecular complexity index is 650. The Morgan fingerprint density at radius 3 is 2.27 bits per heavy atom. The predicted molar refractivity (Wildman–Crippen MR) is 89.5 cm³/mol. The van der Waals surface area contributed by atoms with Crippen molar-refractivity contribution in [3.8, 4) is 0 Å². The van der Waals surface area contributed by atoms with Crippen molar-refractivity contribution in [3.63, 3.8) is 0 Å². The first-order valence-corrected chi connectivity index (χ1v) is 8.10. The van der Waals surface area contributed by atoms with Crippen molar-refractivity contribution in [2.75, 3.05) is 11.9 Å². The fourth-order valence-electron chi connectivity index (χ4n) is 2.10. The minimum Gasteiger partial charge on any atom is -0.324 e. The third kappa shape index (κ3) is 3.33. The molecule has 1 aromatic carbocycles. The van der Waals surface area contributed by atoms with Crippen molar-refractivity contribution in [2.45, 2.75) is 26.3 Å². The number of rotatable bonds is 3. The number of aryl methyl sites for hydroxylation is 1. The molecule has 0 unspecified atom stereocenters. The van der Waals surface area contributed by atoms with Crippen molar-refractivity contribution in [2.24, 2.45) is 0 Å². The van der Waals surface area contributed by atoms with Crippen LogP contribution in [0.4, 0.5) is 10.5 Å². The second-order valence-corrected chi connectivity index (χ2v) is 7.31. The van der Waals surface area contributed by atoms with Gasteiger partial charge in [0.2, 0.25) is 5.91 Å². The molecular formula is C14H15Br2N3O3. The Balaban J connectivity index is 2.12. The van der Waals surface area contributed by atoms with Crippen LogP contribution in [0.2, 0.25) is 0 Å². The molecule has 0 radical (unpaired) electrons. The van der Waals surface area contributed by atoms with Crippen molar-refractivity contribution < 1.29 is 14.4 Å². The van der Waals surface area contributed by atoms with Gasteiger partial charge in [-0.3, -0.25) is 14.5 Å². The zero-order chi connectivity index (χ0) is 16.7. The Labute approximate surface area is 144 Å². The van der Waals surface area contributed by atoms with E-state index >= 15 is 0 Å². The standard InChI is InChI=1S/C14H15Br2N3O3/c1-7-4-8(15)11(9(16)5-7)17-10(20)6-19-12(21)14(2,3)18-13(19)22/h4-5H,6H2,1-3H3,(H,17,20)(H,18,22). The highest BCUT2D eigenvalue weighted by molar-refractivity contribution is 9.11. The minimum atomic E-state index is -0.984. The van der Waals surface area contributed by atoms with E-state index in [4.69, 9.17) is 0 Å². The summed E-state index contributed by atoms with van der Waals surface area (Å²) in [5.41, 5.74) is 0.595. The number of hydrogen-bond donors (Lipinski definition) is 2. The SMILES string of the molecule is Cc1cc(Br)c(NC(=O)CN2C(=O)NC(C)(C)C2=O)c(Br)c1. The number of carbonyl (C=O) groups excluding carboxylic acids is 3. The molecule has 8 heteroatoms. The summed E-state index contributed by atoms with van der Waals surface area (Å²) in [6.07, 6.45) is 0. The minimum absolute atomic E-state index is 0.332. The molecule has 1 fully saturated rings. The average Bonchev–Trinajstić information content (AvgIpc) is 2.56. The molecule has 0 spiro atoms. The number of halogens is 2. The molecule has 4 amide bonds. The average molecular weight is 433 g/mol. The number of anilines is 1. The van der Waals surface area contributed by atoms with Gasteiger partial charge in [0.25, 0.3) is 5.91 Å². The third-order valence-corrected chi connectivity index (χ3v) is 4.45. The molecule has 1 saturated heterocycles. The molecule has 6 nitrogen and oxygen atoms in total. The van der Waals surface area contributed by atoms with Crippen LogP contribution in [0, 0.1) is 6.92 Å². The van der Waals surface area contributed by atoms with Gasteiger partial charge in [0, 0.05) is 8.95 Å². The molecule has 0 bridgehead atoms. The number of urea groups is 1. The monoisotopic (exact) mass is 431 g/mol. The van der Waals surface area contributed by atoms with Crippen molar-refractivity contribution in [3.05, 3.63) is 26.6 Å². The molecule has 0 aromatic heterocycles. The highest BCUT2D eigenvalue weighted by atomic mass is 79.9. The van der Waals surface area contributed by atoms with Crippen LogP contribution in [0.1, 0.15) is 19.4 Å². The van der Waals surface area contributed by atoms with Gasteiger partial charge >= 0.3 is 6.03 Å².